The van der Waals surface area contributed by atoms with E-state index in [0.29, 0.717) is 0 Å². The van der Waals surface area contributed by atoms with E-state index in [-0.39, 0.29) is 4.90 Å². The fourth-order valence-corrected chi connectivity index (χ4v) is 2.73. The normalized spacial score (nSPS) is 11.6. The van der Waals surface area contributed by atoms with E-state index in [1.165, 1.54) is 12.1 Å². The Balaban J connectivity index is 2.10. The van der Waals surface area contributed by atoms with Gasteiger partial charge in [0.05, 0.1) is 4.90 Å². The van der Waals surface area contributed by atoms with E-state index in [4.69, 9.17) is 5.11 Å². The number of nitrogens with one attached hydrogen (secondary N) is 1. The summed E-state index contributed by atoms with van der Waals surface area (Å²) in [6.45, 7) is -0.641. The standard InChI is InChI=1S/C16H15NO4S/c18-16(19)12-17-22(20,21)15-10-8-14(9-11-15)7-6-13-4-2-1-3-5-13/h1-11,17H,12H2,(H,18,19). The van der Waals surface area contributed by atoms with Gasteiger partial charge in [-0.15, -0.1) is 0 Å². The first-order valence-corrected chi connectivity index (χ1v) is 8.00. The molecule has 0 bridgehead atoms. The molecule has 22 heavy (non-hydrogen) atoms. The molecule has 0 radical (unpaired) electrons. The summed E-state index contributed by atoms with van der Waals surface area (Å²) in [6, 6.07) is 15.9. The van der Waals surface area contributed by atoms with Crippen LogP contribution >= 0.6 is 0 Å². The molecule has 0 spiro atoms. The quantitative estimate of drug-likeness (QED) is 0.800. The average molecular weight is 317 g/mol. The molecule has 6 heteroatoms. The molecule has 0 amide bonds. The predicted molar refractivity (Wildman–Crippen MR) is 84.6 cm³/mol. The van der Waals surface area contributed by atoms with Crippen LogP contribution in [0.2, 0.25) is 0 Å². The lowest BCUT2D eigenvalue weighted by Crippen LogP contribution is -2.29. The molecule has 0 saturated carbocycles. The maximum Gasteiger partial charge on any atom is 0.318 e. The van der Waals surface area contributed by atoms with E-state index >= 15 is 0 Å². The fraction of sp³-hybridized carbons (Fsp3) is 0.0625. The molecular weight excluding hydrogens is 302 g/mol. The number of carbonyl (C=O) groups is 1. The smallest absolute Gasteiger partial charge is 0.318 e. The molecule has 114 valence electrons. The Morgan fingerprint density at radius 3 is 2.05 bits per heavy atom. The lowest BCUT2D eigenvalue weighted by molar-refractivity contribution is -0.135. The maximum absolute atomic E-state index is 11.8. The molecule has 0 fully saturated rings. The molecule has 0 atom stereocenters. The largest absolute Gasteiger partial charge is 0.480 e. The molecule has 5 nitrogen and oxygen atoms in total. The molecule has 0 aliphatic heterocycles. The Kier molecular flexibility index (Phi) is 5.08. The third-order valence-corrected chi connectivity index (χ3v) is 4.29. The van der Waals surface area contributed by atoms with Crippen LogP contribution in [0.5, 0.6) is 0 Å². The Morgan fingerprint density at radius 2 is 1.50 bits per heavy atom. The molecule has 0 heterocycles. The van der Waals surface area contributed by atoms with Gasteiger partial charge >= 0.3 is 5.97 Å². The lowest BCUT2D eigenvalue weighted by atomic mass is 10.1. The number of benzene rings is 2. The second-order valence-corrected chi connectivity index (χ2v) is 6.30. The minimum absolute atomic E-state index is 0.0330. The highest BCUT2D eigenvalue weighted by Gasteiger charge is 2.14. The first kappa shape index (κ1) is 15.9. The lowest BCUT2D eigenvalue weighted by Gasteiger charge is -2.04. The monoisotopic (exact) mass is 317 g/mol. The zero-order valence-electron chi connectivity index (χ0n) is 11.6. The van der Waals surface area contributed by atoms with Crippen molar-refractivity contribution in [2.45, 2.75) is 4.90 Å². The van der Waals surface area contributed by atoms with Crippen molar-refractivity contribution in [3.05, 3.63) is 65.7 Å². The topological polar surface area (TPSA) is 83.5 Å². The third-order valence-electron chi connectivity index (χ3n) is 2.87. The van der Waals surface area contributed by atoms with Crippen molar-refractivity contribution < 1.29 is 18.3 Å². The number of rotatable bonds is 6. The van der Waals surface area contributed by atoms with Gasteiger partial charge in [0, 0.05) is 0 Å². The SMILES string of the molecule is O=C(O)CNS(=O)(=O)c1ccc(C=Cc2ccccc2)cc1. The molecule has 2 rings (SSSR count). The third kappa shape index (κ3) is 4.54. The second-order valence-electron chi connectivity index (χ2n) is 4.53. The van der Waals surface area contributed by atoms with Gasteiger partial charge in [0.1, 0.15) is 6.54 Å². The number of carboxylic acids is 1. The van der Waals surface area contributed by atoms with E-state index in [1.807, 2.05) is 47.2 Å². The van der Waals surface area contributed by atoms with Gasteiger partial charge in [-0.1, -0.05) is 54.6 Å². The van der Waals surface area contributed by atoms with Crippen LogP contribution < -0.4 is 4.72 Å². The summed E-state index contributed by atoms with van der Waals surface area (Å²) in [5.41, 5.74) is 1.89. The van der Waals surface area contributed by atoms with Gasteiger partial charge in [-0.3, -0.25) is 4.79 Å². The van der Waals surface area contributed by atoms with Gasteiger partial charge in [0.2, 0.25) is 10.0 Å². The molecule has 0 aliphatic carbocycles. The van der Waals surface area contributed by atoms with E-state index in [0.717, 1.165) is 11.1 Å². The maximum atomic E-state index is 11.8. The highest BCUT2D eigenvalue weighted by molar-refractivity contribution is 7.89. The Labute approximate surface area is 129 Å². The molecule has 0 saturated heterocycles. The average Bonchev–Trinajstić information content (AvgIpc) is 2.52. The molecule has 0 aliphatic rings. The number of sulfonamides is 1. The number of hydrogen-bond donors (Lipinski definition) is 2. The van der Waals surface area contributed by atoms with Crippen LogP contribution in [0.25, 0.3) is 12.2 Å². The van der Waals surface area contributed by atoms with Crippen LogP contribution in [-0.2, 0) is 14.8 Å². The summed E-state index contributed by atoms with van der Waals surface area (Å²) in [4.78, 5) is 10.4. The van der Waals surface area contributed by atoms with Crippen molar-refractivity contribution in [1.29, 1.82) is 0 Å². The number of hydrogen-bond acceptors (Lipinski definition) is 3. The zero-order chi connectivity index (χ0) is 16.0. The summed E-state index contributed by atoms with van der Waals surface area (Å²) in [5, 5.41) is 8.51. The van der Waals surface area contributed by atoms with Crippen LogP contribution in [0.1, 0.15) is 11.1 Å². The van der Waals surface area contributed by atoms with Gasteiger partial charge in [-0.25, -0.2) is 8.42 Å². The predicted octanol–water partition coefficient (Wildman–Crippen LogP) is 2.22. The molecule has 2 aromatic rings. The van der Waals surface area contributed by atoms with Crippen LogP contribution in [0, 0.1) is 0 Å². The van der Waals surface area contributed by atoms with Crippen LogP contribution in [0.4, 0.5) is 0 Å². The highest BCUT2D eigenvalue weighted by atomic mass is 32.2. The molecule has 2 aromatic carbocycles. The highest BCUT2D eigenvalue weighted by Crippen LogP contribution is 2.13. The van der Waals surface area contributed by atoms with Crippen LogP contribution in [0.15, 0.2) is 59.5 Å². The van der Waals surface area contributed by atoms with Crippen molar-refractivity contribution in [3.63, 3.8) is 0 Å². The number of carboxylic acid groups (broad SMARTS) is 1. The summed E-state index contributed by atoms with van der Waals surface area (Å²) in [6.07, 6.45) is 3.79. The van der Waals surface area contributed by atoms with Crippen molar-refractivity contribution >= 4 is 28.1 Å². The summed E-state index contributed by atoms with van der Waals surface area (Å²) >= 11 is 0. The van der Waals surface area contributed by atoms with Crippen LogP contribution in [0.3, 0.4) is 0 Å². The summed E-state index contributed by atoms with van der Waals surface area (Å²) < 4.78 is 25.7. The fourth-order valence-electron chi connectivity index (χ4n) is 1.75. The zero-order valence-corrected chi connectivity index (χ0v) is 12.5. The van der Waals surface area contributed by atoms with Crippen molar-refractivity contribution in [2.75, 3.05) is 6.54 Å². The van der Waals surface area contributed by atoms with Gasteiger partial charge in [0.15, 0.2) is 0 Å². The van der Waals surface area contributed by atoms with E-state index in [1.54, 1.807) is 12.1 Å². The van der Waals surface area contributed by atoms with Gasteiger partial charge in [-0.2, -0.15) is 4.72 Å². The summed E-state index contributed by atoms with van der Waals surface area (Å²) in [5.74, 6) is -1.23. The first-order valence-electron chi connectivity index (χ1n) is 6.52. The van der Waals surface area contributed by atoms with Crippen LogP contribution in [-0.4, -0.2) is 26.0 Å². The Hall–Kier alpha value is -2.44. The number of aliphatic carboxylic acids is 1. The Morgan fingerprint density at radius 1 is 0.955 bits per heavy atom. The molecule has 0 aromatic heterocycles. The van der Waals surface area contributed by atoms with Crippen molar-refractivity contribution in [1.82, 2.24) is 4.72 Å². The second kappa shape index (κ2) is 7.02. The van der Waals surface area contributed by atoms with E-state index in [9.17, 15) is 13.2 Å². The molecule has 0 unspecified atom stereocenters. The van der Waals surface area contributed by atoms with Gasteiger partial charge < -0.3 is 5.11 Å². The first-order chi connectivity index (χ1) is 10.5. The molecular formula is C16H15NO4S. The van der Waals surface area contributed by atoms with Crippen molar-refractivity contribution in [2.24, 2.45) is 0 Å². The Bertz CT molecular complexity index is 766. The van der Waals surface area contributed by atoms with Gasteiger partial charge in [0.25, 0.3) is 0 Å². The minimum Gasteiger partial charge on any atom is -0.480 e. The van der Waals surface area contributed by atoms with Gasteiger partial charge in [-0.05, 0) is 23.3 Å². The van der Waals surface area contributed by atoms with Crippen molar-refractivity contribution in [3.8, 4) is 0 Å². The summed E-state index contributed by atoms with van der Waals surface area (Å²) in [7, 11) is -3.79. The van der Waals surface area contributed by atoms with E-state index < -0.39 is 22.5 Å². The van der Waals surface area contributed by atoms with E-state index in [2.05, 4.69) is 0 Å². The minimum atomic E-state index is -3.79. The molecule has 2 N–H and O–H groups in total.